The van der Waals surface area contributed by atoms with Crippen LogP contribution in [-0.4, -0.2) is 18.7 Å². The van der Waals surface area contributed by atoms with Gasteiger partial charge in [-0.25, -0.2) is 4.79 Å². The van der Waals surface area contributed by atoms with E-state index in [1.807, 2.05) is 19.1 Å². The number of esters is 1. The van der Waals surface area contributed by atoms with Gasteiger partial charge in [-0.1, -0.05) is 63.7 Å². The average Bonchev–Trinajstić information content (AvgIpc) is 2.67. The summed E-state index contributed by atoms with van der Waals surface area (Å²) < 4.78 is 11.3. The van der Waals surface area contributed by atoms with Crippen molar-refractivity contribution in [2.45, 2.75) is 97.0 Å². The maximum atomic E-state index is 12.3. The Balaban J connectivity index is 1.95. The van der Waals surface area contributed by atoms with Crippen molar-refractivity contribution in [2.24, 2.45) is 0 Å². The van der Waals surface area contributed by atoms with E-state index in [0.29, 0.717) is 6.61 Å². The van der Waals surface area contributed by atoms with Crippen LogP contribution in [0.2, 0.25) is 0 Å². The Hall–Kier alpha value is -1.77. The molecule has 0 aromatic heterocycles. The molecule has 1 aliphatic rings. The molecule has 3 nitrogen and oxygen atoms in total. The summed E-state index contributed by atoms with van der Waals surface area (Å²) in [4.78, 5) is 12.3. The topological polar surface area (TPSA) is 35.5 Å². The van der Waals surface area contributed by atoms with Gasteiger partial charge in [-0.05, 0) is 68.7 Å². The van der Waals surface area contributed by atoms with Gasteiger partial charge in [0.2, 0.25) is 0 Å². The number of benzene rings is 1. The Morgan fingerprint density at radius 3 is 2.46 bits per heavy atom. The average molecular weight is 387 g/mol. The SMILES string of the molecule is CCCCCCCC(Oc1ccc(C2=CCCCCCC2)cc1)C(=O)OCC. The second-order valence-electron chi connectivity index (χ2n) is 7.77. The van der Waals surface area contributed by atoms with Crippen LogP contribution in [0.25, 0.3) is 5.57 Å². The first-order valence-corrected chi connectivity index (χ1v) is 11.4. The zero-order valence-corrected chi connectivity index (χ0v) is 17.9. The van der Waals surface area contributed by atoms with Crippen LogP contribution < -0.4 is 4.74 Å². The van der Waals surface area contributed by atoms with Gasteiger partial charge in [-0.3, -0.25) is 0 Å². The number of ether oxygens (including phenoxy) is 2. The summed E-state index contributed by atoms with van der Waals surface area (Å²) in [5.74, 6) is 0.506. The second kappa shape index (κ2) is 13.4. The molecule has 3 heteroatoms. The first kappa shape index (κ1) is 22.5. The van der Waals surface area contributed by atoms with Gasteiger partial charge in [-0.2, -0.15) is 0 Å². The van der Waals surface area contributed by atoms with Crippen LogP contribution in [0.5, 0.6) is 5.75 Å². The highest BCUT2D eigenvalue weighted by Gasteiger charge is 2.21. The minimum absolute atomic E-state index is 0.246. The number of hydrogen-bond donors (Lipinski definition) is 0. The molecular weight excluding hydrogens is 348 g/mol. The van der Waals surface area contributed by atoms with Gasteiger partial charge >= 0.3 is 5.97 Å². The fraction of sp³-hybridized carbons (Fsp3) is 0.640. The van der Waals surface area contributed by atoms with E-state index in [1.165, 1.54) is 62.5 Å². The molecule has 28 heavy (non-hydrogen) atoms. The maximum Gasteiger partial charge on any atom is 0.347 e. The summed E-state index contributed by atoms with van der Waals surface area (Å²) in [5, 5.41) is 0. The van der Waals surface area contributed by atoms with E-state index in [9.17, 15) is 4.79 Å². The van der Waals surface area contributed by atoms with Crippen molar-refractivity contribution in [2.75, 3.05) is 6.61 Å². The van der Waals surface area contributed by atoms with Gasteiger partial charge in [0.25, 0.3) is 0 Å². The first-order valence-electron chi connectivity index (χ1n) is 11.4. The Bertz CT molecular complexity index is 588. The van der Waals surface area contributed by atoms with Crippen LogP contribution in [-0.2, 0) is 9.53 Å². The molecule has 156 valence electrons. The Morgan fingerprint density at radius 1 is 0.964 bits per heavy atom. The minimum Gasteiger partial charge on any atom is -0.479 e. The van der Waals surface area contributed by atoms with Crippen molar-refractivity contribution in [3.8, 4) is 5.75 Å². The van der Waals surface area contributed by atoms with Gasteiger partial charge in [-0.15, -0.1) is 0 Å². The molecule has 1 unspecified atom stereocenters. The molecule has 1 atom stereocenters. The number of rotatable bonds is 11. The fourth-order valence-corrected chi connectivity index (χ4v) is 3.76. The molecule has 2 rings (SSSR count). The van der Waals surface area contributed by atoms with Gasteiger partial charge in [0.05, 0.1) is 6.61 Å². The highest BCUT2D eigenvalue weighted by Crippen LogP contribution is 2.27. The Morgan fingerprint density at radius 2 is 1.71 bits per heavy atom. The third-order valence-corrected chi connectivity index (χ3v) is 5.41. The molecule has 1 aromatic carbocycles. The third-order valence-electron chi connectivity index (χ3n) is 5.41. The van der Waals surface area contributed by atoms with E-state index in [-0.39, 0.29) is 5.97 Å². The minimum atomic E-state index is -0.506. The molecule has 0 N–H and O–H groups in total. The molecule has 0 radical (unpaired) electrons. The monoisotopic (exact) mass is 386 g/mol. The van der Waals surface area contributed by atoms with Crippen LogP contribution in [0.3, 0.4) is 0 Å². The summed E-state index contributed by atoms with van der Waals surface area (Å²) in [6, 6.07) is 8.26. The van der Waals surface area contributed by atoms with Gasteiger partial charge < -0.3 is 9.47 Å². The zero-order chi connectivity index (χ0) is 20.0. The van der Waals surface area contributed by atoms with Gasteiger partial charge in [0, 0.05) is 0 Å². The number of unbranched alkanes of at least 4 members (excludes halogenated alkanes) is 4. The summed E-state index contributed by atoms with van der Waals surface area (Å²) in [7, 11) is 0. The van der Waals surface area contributed by atoms with Gasteiger partial charge in [0.15, 0.2) is 6.10 Å². The molecule has 0 bridgehead atoms. The van der Waals surface area contributed by atoms with Crippen molar-refractivity contribution in [1.29, 1.82) is 0 Å². The predicted molar refractivity (Wildman–Crippen MR) is 117 cm³/mol. The number of carbonyl (C=O) groups is 1. The van der Waals surface area contributed by atoms with E-state index in [2.05, 4.69) is 25.1 Å². The van der Waals surface area contributed by atoms with Crippen LogP contribution in [0.15, 0.2) is 30.3 Å². The lowest BCUT2D eigenvalue weighted by Crippen LogP contribution is -2.29. The fourth-order valence-electron chi connectivity index (χ4n) is 3.76. The van der Waals surface area contributed by atoms with Crippen molar-refractivity contribution >= 4 is 11.5 Å². The van der Waals surface area contributed by atoms with E-state index in [0.717, 1.165) is 31.4 Å². The van der Waals surface area contributed by atoms with Crippen LogP contribution in [0.4, 0.5) is 0 Å². The lowest BCUT2D eigenvalue weighted by Gasteiger charge is -2.18. The number of allylic oxidation sites excluding steroid dienone is 2. The smallest absolute Gasteiger partial charge is 0.347 e. The van der Waals surface area contributed by atoms with E-state index in [1.54, 1.807) is 0 Å². The molecule has 0 heterocycles. The summed E-state index contributed by atoms with van der Waals surface area (Å²) in [6.07, 6.45) is 16.0. The molecular formula is C25H38O3. The normalized spacial score (nSPS) is 15.9. The van der Waals surface area contributed by atoms with Crippen LogP contribution in [0, 0.1) is 0 Å². The van der Waals surface area contributed by atoms with E-state index >= 15 is 0 Å². The lowest BCUT2D eigenvalue weighted by molar-refractivity contribution is -0.151. The molecule has 0 fully saturated rings. The largest absolute Gasteiger partial charge is 0.479 e. The number of hydrogen-bond acceptors (Lipinski definition) is 3. The molecule has 0 aliphatic heterocycles. The quantitative estimate of drug-likeness (QED) is 0.301. The summed E-state index contributed by atoms with van der Waals surface area (Å²) in [6.45, 7) is 4.44. The van der Waals surface area contributed by atoms with Crippen molar-refractivity contribution < 1.29 is 14.3 Å². The van der Waals surface area contributed by atoms with Crippen LogP contribution in [0.1, 0.15) is 96.5 Å². The van der Waals surface area contributed by atoms with Crippen molar-refractivity contribution in [1.82, 2.24) is 0 Å². The Labute approximate surface area is 171 Å². The predicted octanol–water partition coefficient (Wildman–Crippen LogP) is 7.10. The molecule has 0 saturated heterocycles. The molecule has 0 saturated carbocycles. The Kier molecular flexibility index (Phi) is 10.8. The van der Waals surface area contributed by atoms with Gasteiger partial charge in [0.1, 0.15) is 5.75 Å². The van der Waals surface area contributed by atoms with E-state index in [4.69, 9.17) is 9.47 Å². The standard InChI is InChI=1S/C25H38O3/c1-3-5-6-8-13-16-24(25(26)27-4-2)28-23-19-17-22(18-20-23)21-14-11-9-7-10-12-15-21/h14,17-20,24H,3-13,15-16H2,1-2H3. The zero-order valence-electron chi connectivity index (χ0n) is 17.9. The van der Waals surface area contributed by atoms with E-state index < -0.39 is 6.10 Å². The molecule has 1 aliphatic carbocycles. The summed E-state index contributed by atoms with van der Waals surface area (Å²) in [5.41, 5.74) is 2.73. The van der Waals surface area contributed by atoms with Crippen molar-refractivity contribution in [3.63, 3.8) is 0 Å². The number of carbonyl (C=O) groups excluding carboxylic acids is 1. The van der Waals surface area contributed by atoms with Crippen molar-refractivity contribution in [3.05, 3.63) is 35.9 Å². The lowest BCUT2D eigenvalue weighted by atomic mass is 9.95. The first-order chi connectivity index (χ1) is 13.7. The molecule has 0 amide bonds. The summed E-state index contributed by atoms with van der Waals surface area (Å²) >= 11 is 0. The molecule has 1 aromatic rings. The highest BCUT2D eigenvalue weighted by atomic mass is 16.6. The van der Waals surface area contributed by atoms with Crippen LogP contribution >= 0.6 is 0 Å². The molecule has 0 spiro atoms. The third kappa shape index (κ3) is 8.08. The highest BCUT2D eigenvalue weighted by molar-refractivity contribution is 5.75. The maximum absolute atomic E-state index is 12.3. The second-order valence-corrected chi connectivity index (χ2v) is 7.77.